The van der Waals surface area contributed by atoms with Gasteiger partial charge in [-0.3, -0.25) is 0 Å². The molecule has 0 heterocycles. The van der Waals surface area contributed by atoms with E-state index in [1.807, 2.05) is 13.8 Å². The second-order valence-electron chi connectivity index (χ2n) is 2.08. The standard InChI is InChI=1S/C6H13N3/c1-5(2)4-9-6(8)3-7/h3-4,6-7,9H,8H2,1-2H3. The van der Waals surface area contributed by atoms with Crippen LogP contribution in [0.15, 0.2) is 11.8 Å². The van der Waals surface area contributed by atoms with E-state index in [4.69, 9.17) is 11.1 Å². The van der Waals surface area contributed by atoms with Crippen molar-refractivity contribution in [2.75, 3.05) is 0 Å². The molecule has 0 rings (SSSR count). The Morgan fingerprint density at radius 3 is 2.56 bits per heavy atom. The second kappa shape index (κ2) is 4.09. The summed E-state index contributed by atoms with van der Waals surface area (Å²) in [6.45, 7) is 3.92. The first-order chi connectivity index (χ1) is 4.16. The van der Waals surface area contributed by atoms with E-state index >= 15 is 0 Å². The molecule has 0 aromatic heterocycles. The minimum Gasteiger partial charge on any atom is -0.372 e. The Kier molecular flexibility index (Phi) is 3.71. The molecule has 0 saturated carbocycles. The van der Waals surface area contributed by atoms with Gasteiger partial charge in [-0.05, 0) is 20.0 Å². The van der Waals surface area contributed by atoms with E-state index in [1.165, 1.54) is 0 Å². The Bertz CT molecular complexity index is 113. The summed E-state index contributed by atoms with van der Waals surface area (Å²) in [7, 11) is 0. The zero-order chi connectivity index (χ0) is 7.28. The molecule has 0 aliphatic carbocycles. The zero-order valence-corrected chi connectivity index (χ0v) is 5.81. The summed E-state index contributed by atoms with van der Waals surface area (Å²) in [4.78, 5) is 0. The molecule has 0 amide bonds. The van der Waals surface area contributed by atoms with Gasteiger partial charge in [0.15, 0.2) is 0 Å². The number of hydrogen-bond acceptors (Lipinski definition) is 3. The summed E-state index contributed by atoms with van der Waals surface area (Å²) in [6.07, 6.45) is 2.59. The van der Waals surface area contributed by atoms with Crippen LogP contribution in [0.5, 0.6) is 0 Å². The Hall–Kier alpha value is -0.830. The van der Waals surface area contributed by atoms with Crippen molar-refractivity contribution in [3.05, 3.63) is 11.8 Å². The molecule has 0 spiro atoms. The highest BCUT2D eigenvalue weighted by atomic mass is 15.0. The molecular formula is C6H13N3. The van der Waals surface area contributed by atoms with E-state index in [1.54, 1.807) is 6.20 Å². The highest BCUT2D eigenvalue weighted by molar-refractivity contribution is 5.59. The van der Waals surface area contributed by atoms with E-state index < -0.39 is 0 Å². The molecule has 0 radical (unpaired) electrons. The average molecular weight is 127 g/mol. The van der Waals surface area contributed by atoms with Crippen molar-refractivity contribution < 1.29 is 0 Å². The fourth-order valence-corrected chi connectivity index (χ4v) is 0.311. The van der Waals surface area contributed by atoms with Crippen LogP contribution < -0.4 is 11.1 Å². The van der Waals surface area contributed by atoms with Gasteiger partial charge in [-0.15, -0.1) is 0 Å². The van der Waals surface area contributed by atoms with Crippen molar-refractivity contribution in [2.45, 2.75) is 20.0 Å². The van der Waals surface area contributed by atoms with Crippen LogP contribution in [0.1, 0.15) is 13.8 Å². The van der Waals surface area contributed by atoms with Gasteiger partial charge in [0.05, 0.1) is 0 Å². The van der Waals surface area contributed by atoms with Crippen LogP contribution in [0.25, 0.3) is 0 Å². The summed E-state index contributed by atoms with van der Waals surface area (Å²) in [5, 5.41) is 9.52. The fraction of sp³-hybridized carbons (Fsp3) is 0.500. The third kappa shape index (κ3) is 5.03. The number of nitrogens with one attached hydrogen (secondary N) is 2. The van der Waals surface area contributed by atoms with Crippen LogP contribution in [0, 0.1) is 5.41 Å². The van der Waals surface area contributed by atoms with Crippen molar-refractivity contribution in [1.82, 2.24) is 5.32 Å². The summed E-state index contributed by atoms with van der Waals surface area (Å²) in [5.41, 5.74) is 6.47. The first-order valence-corrected chi connectivity index (χ1v) is 2.82. The number of hydrogen-bond donors (Lipinski definition) is 3. The van der Waals surface area contributed by atoms with E-state index in [0.29, 0.717) is 0 Å². The van der Waals surface area contributed by atoms with Crippen LogP contribution >= 0.6 is 0 Å². The molecule has 4 N–H and O–H groups in total. The lowest BCUT2D eigenvalue weighted by Crippen LogP contribution is -2.34. The summed E-state index contributed by atoms with van der Waals surface area (Å²) in [5.74, 6) is 0. The first-order valence-electron chi connectivity index (χ1n) is 2.82. The van der Waals surface area contributed by atoms with Gasteiger partial charge in [0, 0.05) is 6.21 Å². The smallest absolute Gasteiger partial charge is 0.110 e. The summed E-state index contributed by atoms with van der Waals surface area (Å²) in [6, 6.07) is 0. The largest absolute Gasteiger partial charge is 0.372 e. The van der Waals surface area contributed by atoms with Crippen LogP contribution in [0.3, 0.4) is 0 Å². The average Bonchev–Trinajstić information content (AvgIpc) is 1.83. The highest BCUT2D eigenvalue weighted by Crippen LogP contribution is 1.82. The van der Waals surface area contributed by atoms with E-state index in [-0.39, 0.29) is 6.17 Å². The van der Waals surface area contributed by atoms with Gasteiger partial charge in [0.2, 0.25) is 0 Å². The zero-order valence-electron chi connectivity index (χ0n) is 5.81. The minimum atomic E-state index is -0.347. The first kappa shape index (κ1) is 8.17. The van der Waals surface area contributed by atoms with Crippen LogP contribution in [0.4, 0.5) is 0 Å². The van der Waals surface area contributed by atoms with Gasteiger partial charge >= 0.3 is 0 Å². The maximum Gasteiger partial charge on any atom is 0.110 e. The van der Waals surface area contributed by atoms with Gasteiger partial charge in [-0.2, -0.15) is 0 Å². The number of allylic oxidation sites excluding steroid dienone is 1. The van der Waals surface area contributed by atoms with Crippen molar-refractivity contribution in [3.8, 4) is 0 Å². The van der Waals surface area contributed by atoms with Crippen LogP contribution in [-0.2, 0) is 0 Å². The summed E-state index contributed by atoms with van der Waals surface area (Å²) < 4.78 is 0. The van der Waals surface area contributed by atoms with Gasteiger partial charge in [0.1, 0.15) is 6.17 Å². The van der Waals surface area contributed by atoms with Crippen molar-refractivity contribution in [1.29, 1.82) is 5.41 Å². The van der Waals surface area contributed by atoms with E-state index in [0.717, 1.165) is 11.8 Å². The predicted molar refractivity (Wildman–Crippen MR) is 39.3 cm³/mol. The third-order valence-corrected chi connectivity index (χ3v) is 0.744. The number of rotatable bonds is 3. The Morgan fingerprint density at radius 1 is 1.67 bits per heavy atom. The monoisotopic (exact) mass is 127 g/mol. The van der Waals surface area contributed by atoms with E-state index in [9.17, 15) is 0 Å². The molecule has 3 heteroatoms. The minimum absolute atomic E-state index is 0.347. The molecule has 0 saturated heterocycles. The van der Waals surface area contributed by atoms with E-state index in [2.05, 4.69) is 5.32 Å². The lowest BCUT2D eigenvalue weighted by Gasteiger charge is -2.03. The van der Waals surface area contributed by atoms with Crippen molar-refractivity contribution in [3.63, 3.8) is 0 Å². The maximum absolute atomic E-state index is 6.71. The predicted octanol–water partition coefficient (Wildman–Crippen LogP) is 0.434. The molecular weight excluding hydrogens is 114 g/mol. The highest BCUT2D eigenvalue weighted by Gasteiger charge is 1.87. The normalized spacial score (nSPS) is 11.9. The molecule has 52 valence electrons. The molecule has 0 fully saturated rings. The van der Waals surface area contributed by atoms with Gasteiger partial charge in [0.25, 0.3) is 0 Å². The topological polar surface area (TPSA) is 61.9 Å². The number of nitrogens with two attached hydrogens (primary N) is 1. The SMILES string of the molecule is CC(C)=CNC(N)C=N. The Labute approximate surface area is 55.4 Å². The molecule has 0 aliphatic rings. The third-order valence-electron chi connectivity index (χ3n) is 0.744. The molecule has 1 atom stereocenters. The molecule has 9 heavy (non-hydrogen) atoms. The van der Waals surface area contributed by atoms with Crippen molar-refractivity contribution in [2.24, 2.45) is 5.73 Å². The molecule has 0 bridgehead atoms. The molecule has 0 aliphatic heterocycles. The van der Waals surface area contributed by atoms with Gasteiger partial charge < -0.3 is 16.5 Å². The second-order valence-corrected chi connectivity index (χ2v) is 2.08. The lowest BCUT2D eigenvalue weighted by molar-refractivity contribution is 0.776. The maximum atomic E-state index is 6.71. The lowest BCUT2D eigenvalue weighted by atomic mass is 10.4. The fourth-order valence-electron chi connectivity index (χ4n) is 0.311. The quantitative estimate of drug-likeness (QED) is 0.380. The molecule has 0 aromatic rings. The Morgan fingerprint density at radius 2 is 2.22 bits per heavy atom. The van der Waals surface area contributed by atoms with Crippen molar-refractivity contribution >= 4 is 6.21 Å². The van der Waals surface area contributed by atoms with Gasteiger partial charge in [-0.25, -0.2) is 0 Å². The van der Waals surface area contributed by atoms with Crippen LogP contribution in [0.2, 0.25) is 0 Å². The van der Waals surface area contributed by atoms with Crippen LogP contribution in [-0.4, -0.2) is 12.4 Å². The van der Waals surface area contributed by atoms with Gasteiger partial charge in [-0.1, -0.05) is 5.57 Å². The molecule has 1 unspecified atom stereocenters. The molecule has 3 nitrogen and oxygen atoms in total. The summed E-state index contributed by atoms with van der Waals surface area (Å²) >= 11 is 0. The Balaban J connectivity index is 3.49. The molecule has 0 aromatic carbocycles.